The van der Waals surface area contributed by atoms with Crippen LogP contribution in [0.3, 0.4) is 0 Å². The number of aryl methyl sites for hydroxylation is 2. The summed E-state index contributed by atoms with van der Waals surface area (Å²) in [5.74, 6) is 0. The van der Waals surface area contributed by atoms with E-state index in [9.17, 15) is 0 Å². The predicted octanol–water partition coefficient (Wildman–Crippen LogP) is 3.07. The second-order valence-corrected chi connectivity index (χ2v) is 5.00. The summed E-state index contributed by atoms with van der Waals surface area (Å²) >= 11 is 1.61. The lowest BCUT2D eigenvalue weighted by Gasteiger charge is -1.96. The van der Waals surface area contributed by atoms with Gasteiger partial charge in [-0.2, -0.15) is 5.10 Å². The van der Waals surface area contributed by atoms with Crippen LogP contribution in [-0.4, -0.2) is 14.6 Å². The zero-order valence-electron chi connectivity index (χ0n) is 9.14. The van der Waals surface area contributed by atoms with Gasteiger partial charge in [0.05, 0.1) is 11.9 Å². The topological polar surface area (TPSA) is 30.2 Å². The van der Waals surface area contributed by atoms with Gasteiger partial charge in [-0.25, -0.2) is 9.50 Å². The molecule has 0 bridgehead atoms. The molecule has 3 nitrogen and oxygen atoms in total. The number of hydrogen-bond acceptors (Lipinski definition) is 3. The number of hydrogen-bond donors (Lipinski definition) is 0. The molecule has 0 atom stereocenters. The van der Waals surface area contributed by atoms with E-state index in [0.29, 0.717) is 0 Å². The van der Waals surface area contributed by atoms with Crippen molar-refractivity contribution in [2.24, 2.45) is 0 Å². The van der Waals surface area contributed by atoms with Crippen molar-refractivity contribution in [1.82, 2.24) is 14.6 Å². The van der Waals surface area contributed by atoms with Gasteiger partial charge in [0.25, 0.3) is 0 Å². The zero-order chi connectivity index (χ0) is 11.1. The van der Waals surface area contributed by atoms with Crippen LogP contribution >= 0.6 is 11.3 Å². The highest BCUT2D eigenvalue weighted by molar-refractivity contribution is 7.16. The van der Waals surface area contributed by atoms with Gasteiger partial charge in [0, 0.05) is 5.56 Å². The van der Waals surface area contributed by atoms with Gasteiger partial charge in [-0.15, -0.1) is 0 Å². The SMILES string of the molecule is Cc1cccc(-c2cn3nc(C)sc3n2)c1. The summed E-state index contributed by atoms with van der Waals surface area (Å²) in [5, 5.41) is 5.39. The average Bonchev–Trinajstić information content (AvgIpc) is 2.74. The van der Waals surface area contributed by atoms with Crippen LogP contribution in [0.1, 0.15) is 10.6 Å². The molecule has 3 aromatic rings. The fourth-order valence-corrected chi connectivity index (χ4v) is 2.47. The van der Waals surface area contributed by atoms with Gasteiger partial charge in [-0.1, -0.05) is 35.1 Å². The minimum Gasteiger partial charge on any atom is -0.217 e. The largest absolute Gasteiger partial charge is 0.217 e. The van der Waals surface area contributed by atoms with Crippen LogP contribution in [0, 0.1) is 13.8 Å². The molecule has 2 aromatic heterocycles. The Morgan fingerprint density at radius 3 is 2.88 bits per heavy atom. The number of imidazole rings is 1. The fourth-order valence-electron chi connectivity index (χ4n) is 1.74. The molecule has 2 heterocycles. The summed E-state index contributed by atoms with van der Waals surface area (Å²) in [7, 11) is 0. The monoisotopic (exact) mass is 229 g/mol. The first kappa shape index (κ1) is 9.54. The number of fused-ring (bicyclic) bond motifs is 1. The molecule has 0 saturated heterocycles. The molecule has 1 aromatic carbocycles. The van der Waals surface area contributed by atoms with E-state index in [4.69, 9.17) is 0 Å². The second kappa shape index (κ2) is 3.42. The molecule has 80 valence electrons. The lowest BCUT2D eigenvalue weighted by molar-refractivity contribution is 0.946. The van der Waals surface area contributed by atoms with E-state index in [0.717, 1.165) is 21.2 Å². The van der Waals surface area contributed by atoms with Gasteiger partial charge in [-0.05, 0) is 19.9 Å². The van der Waals surface area contributed by atoms with Crippen molar-refractivity contribution in [3.05, 3.63) is 41.0 Å². The van der Waals surface area contributed by atoms with Crippen LogP contribution in [0.25, 0.3) is 16.2 Å². The smallest absolute Gasteiger partial charge is 0.212 e. The van der Waals surface area contributed by atoms with Crippen LogP contribution < -0.4 is 0 Å². The lowest BCUT2D eigenvalue weighted by Crippen LogP contribution is -1.81. The molecule has 0 spiro atoms. The van der Waals surface area contributed by atoms with Crippen LogP contribution in [0.15, 0.2) is 30.5 Å². The zero-order valence-corrected chi connectivity index (χ0v) is 9.95. The Labute approximate surface area is 97.4 Å². The molecule has 0 amide bonds. The van der Waals surface area contributed by atoms with E-state index in [1.54, 1.807) is 11.3 Å². The molecule has 0 aliphatic rings. The first-order chi connectivity index (χ1) is 7.72. The van der Waals surface area contributed by atoms with Crippen molar-refractivity contribution in [3.63, 3.8) is 0 Å². The third-order valence-electron chi connectivity index (χ3n) is 2.46. The Hall–Kier alpha value is -1.68. The summed E-state index contributed by atoms with van der Waals surface area (Å²) in [6.07, 6.45) is 1.98. The molecule has 16 heavy (non-hydrogen) atoms. The van der Waals surface area contributed by atoms with Gasteiger partial charge in [0.1, 0.15) is 5.01 Å². The van der Waals surface area contributed by atoms with Crippen molar-refractivity contribution in [2.45, 2.75) is 13.8 Å². The molecule has 0 radical (unpaired) electrons. The first-order valence-corrected chi connectivity index (χ1v) is 5.94. The average molecular weight is 229 g/mol. The van der Waals surface area contributed by atoms with Gasteiger partial charge in [-0.3, -0.25) is 0 Å². The summed E-state index contributed by atoms with van der Waals surface area (Å²) in [4.78, 5) is 5.52. The van der Waals surface area contributed by atoms with Crippen molar-refractivity contribution in [1.29, 1.82) is 0 Å². The van der Waals surface area contributed by atoms with E-state index < -0.39 is 0 Å². The van der Waals surface area contributed by atoms with Crippen molar-refractivity contribution >= 4 is 16.3 Å². The second-order valence-electron chi connectivity index (χ2n) is 3.84. The van der Waals surface area contributed by atoms with E-state index in [1.807, 2.05) is 17.6 Å². The van der Waals surface area contributed by atoms with Crippen LogP contribution in [0.4, 0.5) is 0 Å². The van der Waals surface area contributed by atoms with Crippen LogP contribution in [-0.2, 0) is 0 Å². The first-order valence-electron chi connectivity index (χ1n) is 5.12. The van der Waals surface area contributed by atoms with Crippen molar-refractivity contribution in [2.75, 3.05) is 0 Å². The number of benzene rings is 1. The quantitative estimate of drug-likeness (QED) is 0.642. The molecule has 0 saturated carbocycles. The van der Waals surface area contributed by atoms with Gasteiger partial charge >= 0.3 is 0 Å². The maximum atomic E-state index is 4.56. The lowest BCUT2D eigenvalue weighted by atomic mass is 10.1. The highest BCUT2D eigenvalue weighted by Crippen LogP contribution is 2.22. The Bertz CT molecular complexity index is 620. The van der Waals surface area contributed by atoms with Gasteiger partial charge in [0.15, 0.2) is 0 Å². The van der Waals surface area contributed by atoms with Crippen molar-refractivity contribution in [3.8, 4) is 11.3 Å². The van der Waals surface area contributed by atoms with Crippen molar-refractivity contribution < 1.29 is 0 Å². The summed E-state index contributed by atoms with van der Waals surface area (Å²) in [6, 6.07) is 8.35. The van der Waals surface area contributed by atoms with E-state index in [-0.39, 0.29) is 0 Å². The molecule has 0 aliphatic heterocycles. The summed E-state index contributed by atoms with van der Waals surface area (Å²) in [5.41, 5.74) is 3.38. The maximum Gasteiger partial charge on any atom is 0.212 e. The number of aromatic nitrogens is 3. The highest BCUT2D eigenvalue weighted by Gasteiger charge is 2.07. The summed E-state index contributed by atoms with van der Waals surface area (Å²) < 4.78 is 1.84. The Balaban J connectivity index is 2.15. The molecule has 0 aliphatic carbocycles. The Morgan fingerprint density at radius 1 is 1.25 bits per heavy atom. The van der Waals surface area contributed by atoms with E-state index >= 15 is 0 Å². The minimum absolute atomic E-state index is 0.953. The van der Waals surface area contributed by atoms with Gasteiger partial charge < -0.3 is 0 Å². The van der Waals surface area contributed by atoms with E-state index in [1.165, 1.54) is 5.56 Å². The van der Waals surface area contributed by atoms with Gasteiger partial charge in [0.2, 0.25) is 4.96 Å². The van der Waals surface area contributed by atoms with Crippen LogP contribution in [0.2, 0.25) is 0 Å². The maximum absolute atomic E-state index is 4.56. The highest BCUT2D eigenvalue weighted by atomic mass is 32.1. The molecule has 4 heteroatoms. The molecular formula is C12H11N3S. The molecule has 3 rings (SSSR count). The van der Waals surface area contributed by atoms with Crippen LogP contribution in [0.5, 0.6) is 0 Å². The molecule has 0 N–H and O–H groups in total. The summed E-state index contributed by atoms with van der Waals surface area (Å²) in [6.45, 7) is 4.08. The Morgan fingerprint density at radius 2 is 2.12 bits per heavy atom. The Kier molecular flexibility index (Phi) is 2.04. The third-order valence-corrected chi connectivity index (χ3v) is 3.30. The number of rotatable bonds is 1. The molecular weight excluding hydrogens is 218 g/mol. The predicted molar refractivity (Wildman–Crippen MR) is 65.8 cm³/mol. The minimum atomic E-state index is 0.953. The van der Waals surface area contributed by atoms with E-state index in [2.05, 4.69) is 41.3 Å². The fraction of sp³-hybridized carbons (Fsp3) is 0.167. The standard InChI is InChI=1S/C12H11N3S/c1-8-4-3-5-10(6-8)11-7-15-12(13-11)16-9(2)14-15/h3-7H,1-2H3. The normalized spacial score (nSPS) is 11.1. The third kappa shape index (κ3) is 1.51. The molecule has 0 unspecified atom stereocenters. The number of nitrogens with zero attached hydrogens (tertiary/aromatic N) is 3. The molecule has 0 fully saturated rings.